The average molecular weight is 400 g/mol. The van der Waals surface area contributed by atoms with Gasteiger partial charge >= 0.3 is 5.97 Å². The molecule has 1 aliphatic carbocycles. The lowest BCUT2D eigenvalue weighted by Crippen LogP contribution is -2.46. The first kappa shape index (κ1) is 21.0. The van der Waals surface area contributed by atoms with Crippen molar-refractivity contribution in [3.05, 3.63) is 29.3 Å². The highest BCUT2D eigenvalue weighted by Gasteiger charge is 2.51. The molecule has 7 heteroatoms. The van der Waals surface area contributed by atoms with Crippen LogP contribution in [0, 0.1) is 25.7 Å². The minimum Gasteiger partial charge on any atom is -0.451 e. The number of esters is 1. The second kappa shape index (κ2) is 8.35. The maximum Gasteiger partial charge on any atom is 0.329 e. The van der Waals surface area contributed by atoms with E-state index < -0.39 is 24.0 Å². The van der Waals surface area contributed by atoms with E-state index in [0.717, 1.165) is 28.9 Å². The van der Waals surface area contributed by atoms with Crippen molar-refractivity contribution in [3.8, 4) is 0 Å². The van der Waals surface area contributed by atoms with Crippen LogP contribution >= 0.6 is 0 Å². The predicted octanol–water partition coefficient (Wildman–Crippen LogP) is 2.74. The number of ether oxygens (including phenoxy) is 1. The Morgan fingerprint density at radius 1 is 1.07 bits per heavy atom. The number of aryl methyl sites for hydroxylation is 2. The van der Waals surface area contributed by atoms with Gasteiger partial charge in [0.25, 0.3) is 5.91 Å². The van der Waals surface area contributed by atoms with E-state index >= 15 is 0 Å². The van der Waals surface area contributed by atoms with Gasteiger partial charge in [-0.2, -0.15) is 0 Å². The average Bonchev–Trinajstić information content (AvgIpc) is 2.94. The van der Waals surface area contributed by atoms with Crippen LogP contribution in [0.4, 0.5) is 5.69 Å². The molecule has 3 amide bonds. The van der Waals surface area contributed by atoms with Crippen molar-refractivity contribution in [1.29, 1.82) is 0 Å². The number of hydrogen-bond donors (Lipinski definition) is 1. The molecule has 7 nitrogen and oxygen atoms in total. The van der Waals surface area contributed by atoms with Gasteiger partial charge in [-0.25, -0.2) is 4.79 Å². The topological polar surface area (TPSA) is 92.8 Å². The minimum atomic E-state index is -1.06. The molecule has 29 heavy (non-hydrogen) atoms. The van der Waals surface area contributed by atoms with Crippen molar-refractivity contribution in [3.63, 3.8) is 0 Å². The summed E-state index contributed by atoms with van der Waals surface area (Å²) in [6, 6.07) is 4.63. The van der Waals surface area contributed by atoms with Gasteiger partial charge in [0.05, 0.1) is 11.8 Å². The lowest BCUT2D eigenvalue weighted by atomic mass is 9.81. The summed E-state index contributed by atoms with van der Waals surface area (Å²) < 4.78 is 5.28. The maximum atomic E-state index is 12.6. The van der Waals surface area contributed by atoms with E-state index in [4.69, 9.17) is 4.74 Å². The van der Waals surface area contributed by atoms with Crippen molar-refractivity contribution in [2.24, 2.45) is 11.8 Å². The third-order valence-electron chi connectivity index (χ3n) is 5.92. The Morgan fingerprint density at radius 3 is 2.24 bits per heavy atom. The van der Waals surface area contributed by atoms with Crippen molar-refractivity contribution in [2.45, 2.75) is 65.5 Å². The predicted molar refractivity (Wildman–Crippen MR) is 107 cm³/mol. The fraction of sp³-hybridized carbons (Fsp3) is 0.545. The second-order valence-corrected chi connectivity index (χ2v) is 8.11. The molecule has 2 fully saturated rings. The van der Waals surface area contributed by atoms with Crippen molar-refractivity contribution < 1.29 is 23.9 Å². The molecule has 0 spiro atoms. The van der Waals surface area contributed by atoms with E-state index in [1.165, 1.54) is 13.8 Å². The Hall–Kier alpha value is -2.70. The first-order valence-corrected chi connectivity index (χ1v) is 10.2. The second-order valence-electron chi connectivity index (χ2n) is 8.11. The number of likely N-dealkylation sites (tertiary alicyclic amines) is 1. The molecule has 1 aromatic rings. The van der Waals surface area contributed by atoms with Gasteiger partial charge in [-0.3, -0.25) is 19.3 Å². The molecular formula is C22H28N2O5. The third-order valence-corrected chi connectivity index (χ3v) is 5.92. The lowest BCUT2D eigenvalue weighted by Gasteiger charge is -2.23. The van der Waals surface area contributed by atoms with Crippen LogP contribution < -0.4 is 5.32 Å². The SMILES string of the molecule is Cc1ccc(C)c(NC(=O)[C@H](C)OC(=O)[C@H](C)N2C(=O)[C@H]3CCCC[C@H]3C2=O)c1. The molecule has 1 N–H and O–H groups in total. The molecule has 1 aliphatic heterocycles. The number of imide groups is 1. The molecule has 0 radical (unpaired) electrons. The van der Waals surface area contributed by atoms with E-state index in [9.17, 15) is 19.2 Å². The van der Waals surface area contributed by atoms with Gasteiger partial charge in [0.1, 0.15) is 6.04 Å². The zero-order valence-corrected chi connectivity index (χ0v) is 17.4. The van der Waals surface area contributed by atoms with E-state index in [1.807, 2.05) is 32.0 Å². The fourth-order valence-electron chi connectivity index (χ4n) is 4.11. The third kappa shape index (κ3) is 4.18. The van der Waals surface area contributed by atoms with Crippen molar-refractivity contribution in [1.82, 2.24) is 4.90 Å². The van der Waals surface area contributed by atoms with Crippen LogP contribution in [-0.2, 0) is 23.9 Å². The summed E-state index contributed by atoms with van der Waals surface area (Å²) in [7, 11) is 0. The maximum absolute atomic E-state index is 12.6. The van der Waals surface area contributed by atoms with E-state index in [2.05, 4.69) is 5.32 Å². The number of anilines is 1. The Balaban J connectivity index is 1.63. The van der Waals surface area contributed by atoms with Crippen LogP contribution in [0.15, 0.2) is 18.2 Å². The largest absolute Gasteiger partial charge is 0.451 e. The number of nitrogens with one attached hydrogen (secondary N) is 1. The molecule has 0 aromatic heterocycles. The number of carbonyl (C=O) groups excluding carboxylic acids is 4. The van der Waals surface area contributed by atoms with Gasteiger partial charge in [0.15, 0.2) is 6.10 Å². The number of hydrogen-bond acceptors (Lipinski definition) is 5. The number of benzene rings is 1. The van der Waals surface area contributed by atoms with Crippen molar-refractivity contribution in [2.75, 3.05) is 5.32 Å². The number of nitrogens with zero attached hydrogens (tertiary/aromatic N) is 1. The number of amides is 3. The molecule has 156 valence electrons. The van der Waals surface area contributed by atoms with Crippen LogP contribution in [0.3, 0.4) is 0 Å². The van der Waals surface area contributed by atoms with Crippen molar-refractivity contribution >= 4 is 29.4 Å². The molecule has 0 bridgehead atoms. The van der Waals surface area contributed by atoms with Crippen LogP contribution in [0.25, 0.3) is 0 Å². The highest BCUT2D eigenvalue weighted by Crippen LogP contribution is 2.39. The first-order chi connectivity index (χ1) is 13.7. The quantitative estimate of drug-likeness (QED) is 0.606. The number of fused-ring (bicyclic) bond motifs is 1. The van der Waals surface area contributed by atoms with Crippen LogP contribution in [0.1, 0.15) is 50.7 Å². The highest BCUT2D eigenvalue weighted by atomic mass is 16.5. The molecule has 0 unspecified atom stereocenters. The van der Waals surface area contributed by atoms with Gasteiger partial charge in [-0.1, -0.05) is 25.0 Å². The van der Waals surface area contributed by atoms with Gasteiger partial charge in [0, 0.05) is 5.69 Å². The van der Waals surface area contributed by atoms with Gasteiger partial charge in [0.2, 0.25) is 11.8 Å². The molecular weight excluding hydrogens is 372 g/mol. The molecule has 1 saturated heterocycles. The minimum absolute atomic E-state index is 0.295. The summed E-state index contributed by atoms with van der Waals surface area (Å²) in [5.41, 5.74) is 2.54. The van der Waals surface area contributed by atoms with Crippen LogP contribution in [0.2, 0.25) is 0 Å². The highest BCUT2D eigenvalue weighted by molar-refractivity contribution is 6.08. The summed E-state index contributed by atoms with van der Waals surface area (Å²) in [5, 5.41) is 2.76. The van der Waals surface area contributed by atoms with Crippen LogP contribution in [-0.4, -0.2) is 40.7 Å². The molecule has 1 aromatic carbocycles. The zero-order valence-electron chi connectivity index (χ0n) is 17.4. The Kier molecular flexibility index (Phi) is 6.05. The number of rotatable bonds is 5. The van der Waals surface area contributed by atoms with Gasteiger partial charge in [-0.05, 0) is 57.7 Å². The Labute approximate surface area is 170 Å². The van der Waals surface area contributed by atoms with E-state index in [0.29, 0.717) is 18.5 Å². The summed E-state index contributed by atoms with van der Waals surface area (Å²) in [6.07, 6.45) is 2.15. The summed E-state index contributed by atoms with van der Waals surface area (Å²) in [6.45, 7) is 6.74. The number of carbonyl (C=O) groups is 4. The smallest absolute Gasteiger partial charge is 0.329 e. The molecule has 1 heterocycles. The standard InChI is InChI=1S/C22H28N2O5/c1-12-9-10-13(2)18(11-12)23-19(25)15(4)29-22(28)14(3)24-20(26)16-7-5-6-8-17(16)21(24)27/h9-11,14-17H,5-8H2,1-4H3,(H,23,25)/t14-,15-,16-,17+/m0/s1. The monoisotopic (exact) mass is 400 g/mol. The fourth-order valence-corrected chi connectivity index (χ4v) is 4.11. The van der Waals surface area contributed by atoms with Crippen LogP contribution in [0.5, 0.6) is 0 Å². The molecule has 1 saturated carbocycles. The first-order valence-electron chi connectivity index (χ1n) is 10.2. The normalized spacial score (nSPS) is 23.4. The van der Waals surface area contributed by atoms with E-state index in [-0.39, 0.29) is 23.7 Å². The molecule has 4 atom stereocenters. The summed E-state index contributed by atoms with van der Waals surface area (Å²) >= 11 is 0. The summed E-state index contributed by atoms with van der Waals surface area (Å²) in [4.78, 5) is 51.3. The Bertz CT molecular complexity index is 826. The zero-order chi connectivity index (χ0) is 21.3. The molecule has 2 aliphatic rings. The van der Waals surface area contributed by atoms with Gasteiger partial charge in [-0.15, -0.1) is 0 Å². The van der Waals surface area contributed by atoms with Gasteiger partial charge < -0.3 is 10.1 Å². The summed E-state index contributed by atoms with van der Waals surface area (Å²) in [5.74, 6) is -2.46. The lowest BCUT2D eigenvalue weighted by molar-refractivity contribution is -0.163. The Morgan fingerprint density at radius 2 is 1.66 bits per heavy atom. The molecule has 3 rings (SSSR count). The van der Waals surface area contributed by atoms with E-state index in [1.54, 1.807) is 0 Å².